The van der Waals surface area contributed by atoms with Crippen LogP contribution in [0, 0.1) is 0 Å². The van der Waals surface area contributed by atoms with E-state index in [1.54, 1.807) is 18.3 Å². The lowest BCUT2D eigenvalue weighted by Gasteiger charge is -2.25. The molecule has 0 fully saturated rings. The van der Waals surface area contributed by atoms with E-state index in [4.69, 9.17) is 15.9 Å². The summed E-state index contributed by atoms with van der Waals surface area (Å²) in [5.74, 6) is -1.87. The Labute approximate surface area is 138 Å². The summed E-state index contributed by atoms with van der Waals surface area (Å²) in [6.45, 7) is 0.633. The highest BCUT2D eigenvalue weighted by atomic mass is 16.4. The first-order valence-electron chi connectivity index (χ1n) is 7.19. The third-order valence-corrected chi connectivity index (χ3v) is 3.35. The van der Waals surface area contributed by atoms with Gasteiger partial charge in [0.15, 0.2) is 0 Å². The van der Waals surface area contributed by atoms with Crippen LogP contribution in [0.2, 0.25) is 0 Å². The Hall–Kier alpha value is -3.13. The number of hydrogen-bond donors (Lipinski definition) is 4. The van der Waals surface area contributed by atoms with Crippen molar-refractivity contribution in [1.29, 1.82) is 0 Å². The highest BCUT2D eigenvalue weighted by Gasteiger charge is 2.14. The van der Waals surface area contributed by atoms with Crippen molar-refractivity contribution in [2.45, 2.75) is 12.5 Å². The first-order valence-corrected chi connectivity index (χ1v) is 7.19. The summed E-state index contributed by atoms with van der Waals surface area (Å²) in [5.41, 5.74) is 7.30. The highest BCUT2D eigenvalue weighted by Crippen LogP contribution is 2.19. The molecule has 0 saturated heterocycles. The molecule has 0 radical (unpaired) electrons. The average molecular weight is 330 g/mol. The standard InChI is InChI=1S/C10H9NO2.C6H9N3O2/c12-10(13)8-4-6-11-5-2-1-3-9(11)7-8;7-5(6(10)11)1-4-2-8-3-9-4/h1-5,7H,6H2,(H,12,13);2-3,5H,1,7H2,(H,8,9)(H,10,11)/t;5-/m.0/s1. The number of nitrogens with one attached hydrogen (secondary N) is 1. The van der Waals surface area contributed by atoms with E-state index in [1.807, 2.05) is 29.3 Å². The van der Waals surface area contributed by atoms with Gasteiger partial charge in [0.2, 0.25) is 0 Å². The zero-order chi connectivity index (χ0) is 17.5. The van der Waals surface area contributed by atoms with Gasteiger partial charge in [-0.05, 0) is 18.2 Å². The number of nitrogens with two attached hydrogens (primary N) is 1. The Morgan fingerprint density at radius 3 is 2.79 bits per heavy atom. The van der Waals surface area contributed by atoms with E-state index in [1.165, 1.54) is 6.33 Å². The zero-order valence-electron chi connectivity index (χ0n) is 12.8. The SMILES string of the molecule is N[C@@H](Cc1cnc[nH]1)C(=O)O.O=C(O)C1=CCN2C=CC=CC2=C1. The predicted molar refractivity (Wildman–Crippen MR) is 86.7 cm³/mol. The fourth-order valence-electron chi connectivity index (χ4n) is 2.07. The number of carboxylic acid groups (broad SMARTS) is 2. The van der Waals surface area contributed by atoms with Crippen LogP contribution in [0.4, 0.5) is 0 Å². The number of hydrogen-bond acceptors (Lipinski definition) is 5. The first kappa shape index (κ1) is 17.2. The molecular formula is C16H18N4O4. The van der Waals surface area contributed by atoms with Crippen molar-refractivity contribution in [2.24, 2.45) is 5.73 Å². The van der Waals surface area contributed by atoms with E-state index >= 15 is 0 Å². The minimum atomic E-state index is -1.00. The van der Waals surface area contributed by atoms with Crippen LogP contribution in [0.15, 0.2) is 60.4 Å². The Morgan fingerprint density at radius 2 is 2.17 bits per heavy atom. The topological polar surface area (TPSA) is 133 Å². The highest BCUT2D eigenvalue weighted by molar-refractivity contribution is 5.90. The number of allylic oxidation sites excluding steroid dienone is 3. The lowest BCUT2D eigenvalue weighted by Crippen LogP contribution is -2.32. The summed E-state index contributed by atoms with van der Waals surface area (Å²) in [7, 11) is 0. The molecule has 3 heterocycles. The van der Waals surface area contributed by atoms with Crippen molar-refractivity contribution in [2.75, 3.05) is 6.54 Å². The van der Waals surface area contributed by atoms with Crippen LogP contribution >= 0.6 is 0 Å². The maximum atomic E-state index is 10.7. The molecule has 0 amide bonds. The Kier molecular flexibility index (Phi) is 5.69. The van der Waals surface area contributed by atoms with Crippen molar-refractivity contribution in [3.05, 3.63) is 66.1 Å². The fraction of sp³-hybridized carbons (Fsp3) is 0.188. The minimum Gasteiger partial charge on any atom is -0.480 e. The molecule has 1 atom stereocenters. The molecule has 0 aliphatic carbocycles. The van der Waals surface area contributed by atoms with Crippen molar-refractivity contribution < 1.29 is 19.8 Å². The second-order valence-electron chi connectivity index (χ2n) is 5.11. The Bertz CT molecular complexity index is 716. The monoisotopic (exact) mass is 330 g/mol. The Balaban J connectivity index is 0.000000177. The second-order valence-corrected chi connectivity index (χ2v) is 5.11. The van der Waals surface area contributed by atoms with Crippen LogP contribution in [0.3, 0.4) is 0 Å². The summed E-state index contributed by atoms with van der Waals surface area (Å²) >= 11 is 0. The molecule has 0 bridgehead atoms. The van der Waals surface area contributed by atoms with Crippen LogP contribution in [0.1, 0.15) is 5.69 Å². The van der Waals surface area contributed by atoms with Crippen molar-refractivity contribution in [3.8, 4) is 0 Å². The number of aromatic nitrogens is 2. The third kappa shape index (κ3) is 4.68. The quantitative estimate of drug-likeness (QED) is 0.637. The van der Waals surface area contributed by atoms with Gasteiger partial charge in [0, 0.05) is 36.8 Å². The molecule has 2 aliphatic rings. The molecule has 8 heteroatoms. The van der Waals surface area contributed by atoms with Gasteiger partial charge in [0.05, 0.1) is 11.9 Å². The normalized spacial score (nSPS) is 16.3. The molecule has 0 unspecified atom stereocenters. The summed E-state index contributed by atoms with van der Waals surface area (Å²) in [5, 5.41) is 17.2. The summed E-state index contributed by atoms with van der Waals surface area (Å²) in [6.07, 6.45) is 14.4. The van der Waals surface area contributed by atoms with Crippen molar-refractivity contribution in [1.82, 2.24) is 14.9 Å². The number of rotatable bonds is 4. The third-order valence-electron chi connectivity index (χ3n) is 3.35. The van der Waals surface area contributed by atoms with Crippen LogP contribution < -0.4 is 5.73 Å². The van der Waals surface area contributed by atoms with E-state index in [2.05, 4.69) is 9.97 Å². The molecule has 1 aromatic heterocycles. The Morgan fingerprint density at radius 1 is 1.38 bits per heavy atom. The number of aromatic amines is 1. The number of H-pyrrole nitrogens is 1. The van der Waals surface area contributed by atoms with Gasteiger partial charge in [0.1, 0.15) is 6.04 Å². The van der Waals surface area contributed by atoms with Gasteiger partial charge in [-0.25, -0.2) is 9.78 Å². The van der Waals surface area contributed by atoms with Crippen molar-refractivity contribution >= 4 is 11.9 Å². The molecule has 1 aromatic rings. The summed E-state index contributed by atoms with van der Waals surface area (Å²) in [4.78, 5) is 29.4. The number of carboxylic acids is 2. The maximum Gasteiger partial charge on any atom is 0.335 e. The van der Waals surface area contributed by atoms with Gasteiger partial charge < -0.3 is 25.8 Å². The molecule has 5 N–H and O–H groups in total. The van der Waals surface area contributed by atoms with Gasteiger partial charge in [-0.15, -0.1) is 0 Å². The molecule has 0 aromatic carbocycles. The van der Waals surface area contributed by atoms with Gasteiger partial charge in [-0.1, -0.05) is 12.2 Å². The molecular weight excluding hydrogens is 312 g/mol. The van der Waals surface area contributed by atoms with Crippen molar-refractivity contribution in [3.63, 3.8) is 0 Å². The molecule has 0 spiro atoms. The second kappa shape index (κ2) is 7.93. The number of nitrogens with zero attached hydrogens (tertiary/aromatic N) is 2. The average Bonchev–Trinajstić information content (AvgIpc) is 3.07. The number of carbonyl (C=O) groups is 2. The maximum absolute atomic E-state index is 10.7. The minimum absolute atomic E-state index is 0.287. The number of fused-ring (bicyclic) bond motifs is 1. The largest absolute Gasteiger partial charge is 0.480 e. The van der Waals surface area contributed by atoms with E-state index < -0.39 is 18.0 Å². The molecule has 8 nitrogen and oxygen atoms in total. The molecule has 24 heavy (non-hydrogen) atoms. The van der Waals surface area contributed by atoms with E-state index in [0.717, 1.165) is 11.4 Å². The lowest BCUT2D eigenvalue weighted by atomic mass is 10.1. The number of imidazole rings is 1. The fourth-order valence-corrected chi connectivity index (χ4v) is 2.07. The van der Waals surface area contributed by atoms with Gasteiger partial charge >= 0.3 is 11.9 Å². The summed E-state index contributed by atoms with van der Waals surface area (Å²) in [6, 6.07) is -0.851. The van der Waals surface area contributed by atoms with Crippen LogP contribution in [-0.2, 0) is 16.0 Å². The molecule has 2 aliphatic heterocycles. The van der Waals surface area contributed by atoms with Gasteiger partial charge in [-0.2, -0.15) is 0 Å². The predicted octanol–water partition coefficient (Wildman–Crippen LogP) is 0.645. The molecule has 0 saturated carbocycles. The number of aliphatic carboxylic acids is 2. The lowest BCUT2D eigenvalue weighted by molar-refractivity contribution is -0.138. The van der Waals surface area contributed by atoms with E-state index in [9.17, 15) is 9.59 Å². The molecule has 3 rings (SSSR count). The molecule has 126 valence electrons. The smallest absolute Gasteiger partial charge is 0.335 e. The first-order chi connectivity index (χ1) is 11.5. The summed E-state index contributed by atoms with van der Waals surface area (Å²) < 4.78 is 0. The van der Waals surface area contributed by atoms with E-state index in [0.29, 0.717) is 12.1 Å². The van der Waals surface area contributed by atoms with Gasteiger partial charge in [-0.3, -0.25) is 4.79 Å². The van der Waals surface area contributed by atoms with E-state index in [-0.39, 0.29) is 6.42 Å². The van der Waals surface area contributed by atoms with Gasteiger partial charge in [0.25, 0.3) is 0 Å². The van der Waals surface area contributed by atoms with Crippen LogP contribution in [-0.4, -0.2) is 49.6 Å². The zero-order valence-corrected chi connectivity index (χ0v) is 12.8. The van der Waals surface area contributed by atoms with Crippen LogP contribution in [0.25, 0.3) is 0 Å². The van der Waals surface area contributed by atoms with Crippen LogP contribution in [0.5, 0.6) is 0 Å².